The summed E-state index contributed by atoms with van der Waals surface area (Å²) in [5, 5.41) is 47.9. The molecule has 0 bridgehead atoms. The second-order valence-corrected chi connectivity index (χ2v) is 14.2. The molecule has 0 aromatic carbocycles. The molecule has 0 aromatic rings. The van der Waals surface area contributed by atoms with Gasteiger partial charge in [0.1, 0.15) is 0 Å². The third kappa shape index (κ3) is 7.93. The molecule has 0 saturated heterocycles. The fourth-order valence-electron chi connectivity index (χ4n) is 9.09. The van der Waals surface area contributed by atoms with Crippen LogP contribution in [0.15, 0.2) is 23.8 Å². The lowest BCUT2D eigenvalue weighted by atomic mass is 9.44. The molecule has 3 fully saturated rings. The third-order valence-electron chi connectivity index (χ3n) is 11.4. The number of fused-ring (bicyclic) bond motifs is 5. The Labute approximate surface area is 293 Å². The number of rotatable bonds is 17. The number of esters is 2. The highest BCUT2D eigenvalue weighted by Crippen LogP contribution is 2.71. The number of Topliss-reactive ketones (excluding diaryl/α,β-unsaturated/α-hetero) is 1. The van der Waals surface area contributed by atoms with Crippen molar-refractivity contribution in [2.45, 2.75) is 95.9 Å². The van der Waals surface area contributed by atoms with Gasteiger partial charge in [-0.05, 0) is 63.5 Å². The largest absolute Gasteiger partial charge is 0.457 e. The molecule has 8 atom stereocenters. The van der Waals surface area contributed by atoms with Crippen LogP contribution in [0.2, 0.25) is 0 Å². The molecule has 18 heteroatoms. The van der Waals surface area contributed by atoms with Crippen LogP contribution in [0.5, 0.6) is 0 Å². The van der Waals surface area contributed by atoms with E-state index in [-0.39, 0.29) is 76.9 Å². The standard InChI is InChI=1S/C33H48FN3O14/c1-20-16-24-23-9-8-21-17-22(38)10-12-30(21,2)32(23,34)25(39)18-31(24,3)33(20,51-29(43)7-5-15-50-37(46)47)26(40)19-48-28(42)11-13-35-27(41)6-4-14-49-36(44)45/h10,12,17,20,23-25,39,44-47H,4-9,11,13-16,18-19H2,1-3H3,(H,35,41)/t20-,23?,24?,25-,30-,31-,32-,33-/m0/s1. The molecule has 51 heavy (non-hydrogen) atoms. The predicted molar refractivity (Wildman–Crippen MR) is 167 cm³/mol. The van der Waals surface area contributed by atoms with Crippen LogP contribution in [-0.4, -0.2) is 110 Å². The van der Waals surface area contributed by atoms with Crippen molar-refractivity contribution in [2.75, 3.05) is 26.4 Å². The van der Waals surface area contributed by atoms with Crippen molar-refractivity contribution in [2.24, 2.45) is 28.6 Å². The zero-order valence-electron chi connectivity index (χ0n) is 28.9. The van der Waals surface area contributed by atoms with E-state index in [1.807, 2.05) is 0 Å². The van der Waals surface area contributed by atoms with Crippen molar-refractivity contribution >= 4 is 29.4 Å². The van der Waals surface area contributed by atoms with Gasteiger partial charge in [0, 0.05) is 42.1 Å². The van der Waals surface area contributed by atoms with Crippen molar-refractivity contribution in [3.05, 3.63) is 23.8 Å². The summed E-state index contributed by atoms with van der Waals surface area (Å²) in [6.07, 6.45) is 2.69. The van der Waals surface area contributed by atoms with Gasteiger partial charge in [-0.1, -0.05) is 25.5 Å². The molecule has 4 rings (SSSR count). The predicted octanol–water partition coefficient (Wildman–Crippen LogP) is 2.09. The minimum atomic E-state index is -2.21. The molecular weight excluding hydrogens is 681 g/mol. The molecule has 0 heterocycles. The van der Waals surface area contributed by atoms with Gasteiger partial charge in [-0.25, -0.2) is 4.39 Å². The normalized spacial score (nSPS) is 34.0. The van der Waals surface area contributed by atoms with Gasteiger partial charge in [-0.15, -0.1) is 0 Å². The first-order valence-corrected chi connectivity index (χ1v) is 17.0. The molecule has 6 N–H and O–H groups in total. The maximum absolute atomic E-state index is 17.7. The van der Waals surface area contributed by atoms with Crippen LogP contribution >= 0.6 is 0 Å². The number of ether oxygens (including phenoxy) is 2. The number of carbonyl (C=O) groups excluding carboxylic acids is 5. The SMILES string of the molecule is C[C@H]1CC2C3CCC4=CC(=O)C=C[C@]4(C)[C@@]3(F)[C@@H](O)C[C@]2(C)[C@@]1(OC(=O)CCCON(O)O)C(=O)COC(=O)CCNC(=O)CCCON(O)O. The molecule has 17 nitrogen and oxygen atoms in total. The molecule has 1 amide bonds. The van der Waals surface area contributed by atoms with Crippen molar-refractivity contribution in [3.8, 4) is 0 Å². The highest BCUT2D eigenvalue weighted by molar-refractivity contribution is 6.01. The summed E-state index contributed by atoms with van der Waals surface area (Å²) in [7, 11) is 0. The fraction of sp³-hybridized carbons (Fsp3) is 0.727. The number of ketones is 2. The molecule has 2 unspecified atom stereocenters. The topological polar surface area (TPSA) is 242 Å². The van der Waals surface area contributed by atoms with Gasteiger partial charge < -0.3 is 19.9 Å². The van der Waals surface area contributed by atoms with Crippen LogP contribution in [0.1, 0.15) is 78.6 Å². The maximum Gasteiger partial charge on any atom is 0.308 e. The van der Waals surface area contributed by atoms with Crippen LogP contribution in [0.3, 0.4) is 0 Å². The number of amides is 1. The van der Waals surface area contributed by atoms with E-state index in [2.05, 4.69) is 15.0 Å². The third-order valence-corrected chi connectivity index (χ3v) is 11.4. The summed E-state index contributed by atoms with van der Waals surface area (Å²) < 4.78 is 29.1. The Morgan fingerprint density at radius 3 is 2.27 bits per heavy atom. The molecule has 0 aromatic heterocycles. The lowest BCUT2D eigenvalue weighted by molar-refractivity contribution is -0.492. The number of halogens is 1. The summed E-state index contributed by atoms with van der Waals surface area (Å²) in [4.78, 5) is 73.4. The van der Waals surface area contributed by atoms with E-state index in [9.17, 15) is 29.1 Å². The molecule has 4 aliphatic rings. The average molecular weight is 730 g/mol. The molecule has 3 saturated carbocycles. The van der Waals surface area contributed by atoms with Crippen LogP contribution in [0.25, 0.3) is 0 Å². The first kappa shape index (κ1) is 40.6. The van der Waals surface area contributed by atoms with Gasteiger partial charge in [0.25, 0.3) is 0 Å². The van der Waals surface area contributed by atoms with E-state index in [0.717, 1.165) is 0 Å². The summed E-state index contributed by atoms with van der Waals surface area (Å²) in [5.74, 6) is -5.21. The van der Waals surface area contributed by atoms with Crippen LogP contribution in [-0.2, 0) is 43.1 Å². The van der Waals surface area contributed by atoms with Crippen LogP contribution < -0.4 is 5.32 Å². The van der Waals surface area contributed by atoms with E-state index in [0.29, 0.717) is 12.0 Å². The number of aliphatic hydroxyl groups excluding tert-OH is 1. The Balaban J connectivity index is 1.53. The average Bonchev–Trinajstić information content (AvgIpc) is 3.27. The molecule has 0 aliphatic heterocycles. The number of nitrogens with one attached hydrogen (secondary N) is 1. The Morgan fingerprint density at radius 2 is 1.63 bits per heavy atom. The van der Waals surface area contributed by atoms with Gasteiger partial charge in [0.05, 0.1) is 36.5 Å². The molecule has 286 valence electrons. The summed E-state index contributed by atoms with van der Waals surface area (Å²) in [5.41, 5.74) is -6.18. The summed E-state index contributed by atoms with van der Waals surface area (Å²) in [6, 6.07) is 0. The number of alkyl halides is 1. The minimum Gasteiger partial charge on any atom is -0.457 e. The molecular formula is C33H48FN3O14. The van der Waals surface area contributed by atoms with Crippen molar-refractivity contribution in [3.63, 3.8) is 0 Å². The minimum absolute atomic E-state index is 0.0261. The van der Waals surface area contributed by atoms with Crippen LogP contribution in [0, 0.1) is 28.6 Å². The van der Waals surface area contributed by atoms with E-state index in [1.165, 1.54) is 18.2 Å². The van der Waals surface area contributed by atoms with Gasteiger partial charge in [0.15, 0.2) is 23.7 Å². The lowest BCUT2D eigenvalue weighted by Crippen LogP contribution is -2.70. The number of hydrogen-bond donors (Lipinski definition) is 6. The van der Waals surface area contributed by atoms with Gasteiger partial charge >= 0.3 is 11.9 Å². The number of nitrogens with zero attached hydrogens (tertiary/aromatic N) is 2. The van der Waals surface area contributed by atoms with Gasteiger partial charge in [-0.3, -0.25) is 54.5 Å². The van der Waals surface area contributed by atoms with E-state index in [4.69, 9.17) is 30.3 Å². The Bertz CT molecular complexity index is 1410. The van der Waals surface area contributed by atoms with Gasteiger partial charge in [-0.2, -0.15) is 0 Å². The first-order chi connectivity index (χ1) is 23.9. The Hall–Kier alpha value is -3.20. The molecule has 0 spiro atoms. The smallest absolute Gasteiger partial charge is 0.308 e. The first-order valence-electron chi connectivity index (χ1n) is 17.0. The van der Waals surface area contributed by atoms with Crippen molar-refractivity contribution in [1.29, 1.82) is 0 Å². The molecule has 4 aliphatic carbocycles. The number of aliphatic hydroxyl groups is 1. The zero-order chi connectivity index (χ0) is 37.8. The quantitative estimate of drug-likeness (QED) is 0.0713. The summed E-state index contributed by atoms with van der Waals surface area (Å²) >= 11 is 0. The second kappa shape index (κ2) is 16.2. The highest BCUT2D eigenvalue weighted by Gasteiger charge is 2.77. The number of carbonyl (C=O) groups is 5. The number of hydrogen-bond acceptors (Lipinski definition) is 16. The Morgan fingerprint density at radius 1 is 0.980 bits per heavy atom. The highest BCUT2D eigenvalue weighted by atomic mass is 19.1. The van der Waals surface area contributed by atoms with Crippen molar-refractivity contribution < 1.29 is 73.4 Å². The fourth-order valence-corrected chi connectivity index (χ4v) is 9.09. The Kier molecular flexibility index (Phi) is 12.9. The summed E-state index contributed by atoms with van der Waals surface area (Å²) in [6.45, 7) is 3.67. The van der Waals surface area contributed by atoms with E-state index in [1.54, 1.807) is 20.8 Å². The van der Waals surface area contributed by atoms with Crippen LogP contribution in [0.4, 0.5) is 4.39 Å². The second-order valence-electron chi connectivity index (χ2n) is 14.2. The monoisotopic (exact) mass is 729 g/mol. The maximum atomic E-state index is 17.7. The number of allylic oxidation sites excluding steroid dienone is 4. The van der Waals surface area contributed by atoms with E-state index >= 15 is 4.39 Å². The zero-order valence-corrected chi connectivity index (χ0v) is 28.9. The van der Waals surface area contributed by atoms with Crippen molar-refractivity contribution in [1.82, 2.24) is 16.1 Å². The van der Waals surface area contributed by atoms with E-state index < -0.39 is 87.0 Å². The lowest BCUT2D eigenvalue weighted by Gasteiger charge is -2.62. The van der Waals surface area contributed by atoms with Gasteiger partial charge in [0.2, 0.25) is 11.7 Å². The molecule has 0 radical (unpaired) electrons.